The molecule has 7 nitrogen and oxygen atoms in total. The molecule has 0 aromatic heterocycles. The minimum absolute atomic E-state index is 0.0950. The lowest BCUT2D eigenvalue weighted by Gasteiger charge is -2.17. The Morgan fingerprint density at radius 1 is 1.14 bits per heavy atom. The van der Waals surface area contributed by atoms with Gasteiger partial charge in [0.15, 0.2) is 0 Å². The number of nitrogens with one attached hydrogen (secondary N) is 2. The summed E-state index contributed by atoms with van der Waals surface area (Å²) in [5.74, 6) is 0.0284. The monoisotopic (exact) mass is 400 g/mol. The number of hydrogen-bond donors (Lipinski definition) is 2. The summed E-state index contributed by atoms with van der Waals surface area (Å²) in [4.78, 5) is 26.1. The number of ether oxygens (including phenoxy) is 1. The zero-order valence-electron chi connectivity index (χ0n) is 15.7. The maximum atomic E-state index is 12.2. The molecule has 8 heteroatoms. The number of nitrogens with zero attached hydrogens (tertiary/aromatic N) is 2. The van der Waals surface area contributed by atoms with Gasteiger partial charge >= 0.3 is 0 Å². The van der Waals surface area contributed by atoms with Crippen molar-refractivity contribution >= 4 is 34.8 Å². The van der Waals surface area contributed by atoms with Gasteiger partial charge in [-0.1, -0.05) is 23.7 Å². The van der Waals surface area contributed by atoms with E-state index in [1.807, 2.05) is 6.07 Å². The van der Waals surface area contributed by atoms with Crippen molar-refractivity contribution in [2.45, 2.75) is 6.42 Å². The second-order valence-corrected chi connectivity index (χ2v) is 6.52. The fourth-order valence-corrected chi connectivity index (χ4v) is 2.66. The molecule has 0 aliphatic heterocycles. The molecule has 2 amide bonds. The van der Waals surface area contributed by atoms with Crippen LogP contribution in [0.4, 0.5) is 11.4 Å². The van der Waals surface area contributed by atoms with Gasteiger partial charge in [-0.3, -0.25) is 14.5 Å². The molecule has 0 heterocycles. The van der Waals surface area contributed by atoms with Gasteiger partial charge in [0.05, 0.1) is 30.6 Å². The SMILES string of the molecule is COc1ccc(Cl)cc1NC(=O)CN(C)CCC(=O)Nc1ccccc1C#N. The van der Waals surface area contributed by atoms with E-state index in [0.717, 1.165) is 0 Å². The summed E-state index contributed by atoms with van der Waals surface area (Å²) in [5.41, 5.74) is 1.36. The highest BCUT2D eigenvalue weighted by Crippen LogP contribution is 2.27. The van der Waals surface area contributed by atoms with Crippen LogP contribution < -0.4 is 15.4 Å². The Hall–Kier alpha value is -3.08. The van der Waals surface area contributed by atoms with Crippen LogP contribution >= 0.6 is 11.6 Å². The van der Waals surface area contributed by atoms with Crippen molar-refractivity contribution in [2.24, 2.45) is 0 Å². The summed E-state index contributed by atoms with van der Waals surface area (Å²) in [6.07, 6.45) is 0.185. The third-order valence-corrected chi connectivity index (χ3v) is 4.13. The molecule has 0 bridgehead atoms. The Kier molecular flexibility index (Phi) is 7.81. The first kappa shape index (κ1) is 21.2. The van der Waals surface area contributed by atoms with Crippen LogP contribution in [0.15, 0.2) is 42.5 Å². The predicted molar refractivity (Wildman–Crippen MR) is 109 cm³/mol. The zero-order chi connectivity index (χ0) is 20.5. The summed E-state index contributed by atoms with van der Waals surface area (Å²) in [6.45, 7) is 0.471. The van der Waals surface area contributed by atoms with Crippen molar-refractivity contribution in [1.82, 2.24) is 4.90 Å². The largest absolute Gasteiger partial charge is 0.495 e. The molecular formula is C20H21ClN4O3. The van der Waals surface area contributed by atoms with E-state index < -0.39 is 0 Å². The van der Waals surface area contributed by atoms with Gasteiger partial charge in [0.1, 0.15) is 11.8 Å². The van der Waals surface area contributed by atoms with E-state index in [9.17, 15) is 9.59 Å². The maximum Gasteiger partial charge on any atom is 0.238 e. The maximum absolute atomic E-state index is 12.2. The Morgan fingerprint density at radius 2 is 1.86 bits per heavy atom. The normalized spacial score (nSPS) is 10.2. The van der Waals surface area contributed by atoms with Crippen LogP contribution in [0.5, 0.6) is 5.75 Å². The number of methoxy groups -OCH3 is 1. The smallest absolute Gasteiger partial charge is 0.238 e. The second-order valence-electron chi connectivity index (χ2n) is 6.09. The van der Waals surface area contributed by atoms with Crippen molar-refractivity contribution in [3.63, 3.8) is 0 Å². The molecule has 0 aliphatic carbocycles. The molecule has 146 valence electrons. The molecule has 2 rings (SSSR count). The highest BCUT2D eigenvalue weighted by molar-refractivity contribution is 6.31. The summed E-state index contributed by atoms with van der Waals surface area (Å²) < 4.78 is 5.20. The predicted octanol–water partition coefficient (Wildman–Crippen LogP) is 3.12. The molecule has 0 fully saturated rings. The molecule has 2 aromatic rings. The van der Waals surface area contributed by atoms with Crippen molar-refractivity contribution in [2.75, 3.05) is 37.9 Å². The topological polar surface area (TPSA) is 94.5 Å². The highest BCUT2D eigenvalue weighted by Gasteiger charge is 2.12. The fraction of sp³-hybridized carbons (Fsp3) is 0.250. The van der Waals surface area contributed by atoms with Crippen LogP contribution in [-0.4, -0.2) is 44.0 Å². The molecule has 0 saturated heterocycles. The number of rotatable bonds is 8. The number of likely N-dealkylation sites (N-methyl/N-ethyl adjacent to an activating group) is 1. The number of para-hydroxylation sites is 1. The number of nitriles is 1. The lowest BCUT2D eigenvalue weighted by molar-refractivity contribution is -0.119. The molecule has 2 N–H and O–H groups in total. The molecule has 0 atom stereocenters. The van der Waals surface area contributed by atoms with Crippen LogP contribution in [0.2, 0.25) is 5.02 Å². The van der Waals surface area contributed by atoms with Crippen LogP contribution in [-0.2, 0) is 9.59 Å². The molecule has 0 radical (unpaired) electrons. The van der Waals surface area contributed by atoms with Crippen molar-refractivity contribution < 1.29 is 14.3 Å². The van der Waals surface area contributed by atoms with E-state index in [-0.39, 0.29) is 24.8 Å². The van der Waals surface area contributed by atoms with Crippen molar-refractivity contribution in [1.29, 1.82) is 5.26 Å². The van der Waals surface area contributed by atoms with Gasteiger partial charge < -0.3 is 15.4 Å². The van der Waals surface area contributed by atoms with E-state index in [1.54, 1.807) is 54.4 Å². The summed E-state index contributed by atoms with van der Waals surface area (Å²) in [7, 11) is 3.25. The Labute approximate surface area is 168 Å². The second kappa shape index (κ2) is 10.3. The van der Waals surface area contributed by atoms with Crippen molar-refractivity contribution in [3.05, 3.63) is 53.1 Å². The molecule has 0 aliphatic rings. The number of carbonyl (C=O) groups excluding carboxylic acids is 2. The average Bonchev–Trinajstić information content (AvgIpc) is 2.67. The standard InChI is InChI=1S/C20H21ClN4O3/c1-25(10-9-19(26)23-16-6-4-3-5-14(16)12-22)13-20(27)24-17-11-15(21)7-8-18(17)28-2/h3-8,11H,9-10,13H2,1-2H3,(H,23,26)(H,24,27). The third kappa shape index (κ3) is 6.27. The molecule has 0 spiro atoms. The van der Waals surface area contributed by atoms with Crippen LogP contribution in [0.1, 0.15) is 12.0 Å². The van der Waals surface area contributed by atoms with Gasteiger partial charge in [-0.15, -0.1) is 0 Å². The van der Waals surface area contributed by atoms with Crippen molar-refractivity contribution in [3.8, 4) is 11.8 Å². The first-order chi connectivity index (χ1) is 13.4. The number of halogens is 1. The van der Waals surface area contributed by atoms with Crippen LogP contribution in [0.3, 0.4) is 0 Å². The average molecular weight is 401 g/mol. The van der Waals surface area contributed by atoms with Crippen LogP contribution in [0.25, 0.3) is 0 Å². The fourth-order valence-electron chi connectivity index (χ4n) is 2.49. The van der Waals surface area contributed by atoms with E-state index in [4.69, 9.17) is 21.6 Å². The van der Waals surface area contributed by atoms with Gasteiger partial charge in [0, 0.05) is 18.0 Å². The quantitative estimate of drug-likeness (QED) is 0.709. The number of amides is 2. The number of benzene rings is 2. The molecule has 0 unspecified atom stereocenters. The molecule has 2 aromatic carbocycles. The molecular weight excluding hydrogens is 380 g/mol. The third-order valence-electron chi connectivity index (χ3n) is 3.89. The van der Waals surface area contributed by atoms with Gasteiger partial charge in [-0.2, -0.15) is 5.26 Å². The highest BCUT2D eigenvalue weighted by atomic mass is 35.5. The lowest BCUT2D eigenvalue weighted by Crippen LogP contribution is -2.32. The van der Waals surface area contributed by atoms with Gasteiger partial charge in [0.25, 0.3) is 0 Å². The van der Waals surface area contributed by atoms with E-state index >= 15 is 0 Å². The van der Waals surface area contributed by atoms with Crippen LogP contribution in [0, 0.1) is 11.3 Å². The Balaban J connectivity index is 1.83. The minimum atomic E-state index is -0.252. The summed E-state index contributed by atoms with van der Waals surface area (Å²) >= 11 is 5.95. The van der Waals surface area contributed by atoms with E-state index in [1.165, 1.54) is 7.11 Å². The number of hydrogen-bond acceptors (Lipinski definition) is 5. The zero-order valence-corrected chi connectivity index (χ0v) is 16.4. The summed E-state index contributed by atoms with van der Waals surface area (Å²) in [5, 5.41) is 15.0. The van der Waals surface area contributed by atoms with E-state index in [2.05, 4.69) is 10.6 Å². The number of carbonyl (C=O) groups is 2. The number of anilines is 2. The Morgan fingerprint density at radius 3 is 2.57 bits per heavy atom. The molecule has 0 saturated carbocycles. The molecule has 28 heavy (non-hydrogen) atoms. The van der Waals surface area contributed by atoms with Gasteiger partial charge in [-0.25, -0.2) is 0 Å². The van der Waals surface area contributed by atoms with Gasteiger partial charge in [0.2, 0.25) is 11.8 Å². The first-order valence-electron chi connectivity index (χ1n) is 8.54. The first-order valence-corrected chi connectivity index (χ1v) is 8.91. The van der Waals surface area contributed by atoms with Gasteiger partial charge in [-0.05, 0) is 37.4 Å². The summed E-state index contributed by atoms with van der Waals surface area (Å²) in [6, 6.07) is 13.8. The Bertz CT molecular complexity index is 895. The lowest BCUT2D eigenvalue weighted by atomic mass is 10.2. The van der Waals surface area contributed by atoms with E-state index in [0.29, 0.717) is 34.3 Å². The minimum Gasteiger partial charge on any atom is -0.495 e.